The highest BCUT2D eigenvalue weighted by molar-refractivity contribution is 5.98. The molecule has 3 rings (SSSR count). The zero-order chi connectivity index (χ0) is 18.0. The number of carbonyl (C=O) groups excluding carboxylic acids is 2. The molecular formula is C19H16O6. The maximum Gasteiger partial charge on any atom is 0.349 e. The molecule has 6 heteroatoms. The van der Waals surface area contributed by atoms with Crippen molar-refractivity contribution in [3.63, 3.8) is 0 Å². The summed E-state index contributed by atoms with van der Waals surface area (Å²) in [7, 11) is 1.57. The second-order valence-corrected chi connectivity index (χ2v) is 5.42. The second-order valence-electron chi connectivity index (χ2n) is 5.42. The predicted octanol–water partition coefficient (Wildman–Crippen LogP) is 3.21. The van der Waals surface area contributed by atoms with Gasteiger partial charge in [-0.05, 0) is 36.4 Å². The van der Waals surface area contributed by atoms with E-state index < -0.39 is 17.7 Å². The minimum absolute atomic E-state index is 0.0590. The third kappa shape index (κ3) is 3.06. The fraction of sp³-hybridized carbons (Fsp3) is 0.158. The molecule has 1 atom stereocenters. The number of methoxy groups -OCH3 is 1. The Morgan fingerprint density at radius 1 is 1.16 bits per heavy atom. The molecule has 1 heterocycles. The second kappa shape index (κ2) is 6.32. The summed E-state index contributed by atoms with van der Waals surface area (Å²) in [6.07, 6.45) is 1.01. The van der Waals surface area contributed by atoms with Crippen LogP contribution >= 0.6 is 0 Å². The fourth-order valence-corrected chi connectivity index (χ4v) is 2.50. The molecule has 0 saturated carbocycles. The van der Waals surface area contributed by atoms with Gasteiger partial charge in [0.2, 0.25) is 0 Å². The molecule has 1 aliphatic rings. The Bertz CT molecular complexity index is 839. The van der Waals surface area contributed by atoms with Crippen molar-refractivity contribution in [2.24, 2.45) is 0 Å². The van der Waals surface area contributed by atoms with Crippen LogP contribution in [0.2, 0.25) is 0 Å². The van der Waals surface area contributed by atoms with Gasteiger partial charge >= 0.3 is 11.9 Å². The van der Waals surface area contributed by atoms with Gasteiger partial charge in [0.25, 0.3) is 5.79 Å². The number of hydrogen-bond donors (Lipinski definition) is 0. The van der Waals surface area contributed by atoms with E-state index in [2.05, 4.69) is 6.58 Å². The number of cyclic esters (lactones) is 1. The van der Waals surface area contributed by atoms with E-state index in [1.807, 2.05) is 0 Å². The van der Waals surface area contributed by atoms with Crippen molar-refractivity contribution in [3.05, 3.63) is 66.2 Å². The molecule has 0 aliphatic carbocycles. The number of esters is 2. The maximum atomic E-state index is 12.5. The van der Waals surface area contributed by atoms with Crippen molar-refractivity contribution < 1.29 is 28.5 Å². The number of carbonyl (C=O) groups is 2. The van der Waals surface area contributed by atoms with Gasteiger partial charge in [-0.3, -0.25) is 0 Å². The molecular weight excluding hydrogens is 324 g/mol. The third-order valence-electron chi connectivity index (χ3n) is 3.78. The lowest BCUT2D eigenvalue weighted by molar-refractivity contribution is -0.148. The van der Waals surface area contributed by atoms with E-state index in [4.69, 9.17) is 18.9 Å². The first-order valence-corrected chi connectivity index (χ1v) is 7.51. The van der Waals surface area contributed by atoms with Gasteiger partial charge in [0.1, 0.15) is 22.8 Å². The normalized spacial score (nSPS) is 18.4. The molecule has 0 saturated heterocycles. The van der Waals surface area contributed by atoms with E-state index in [0.717, 1.165) is 6.08 Å². The molecule has 2 aromatic carbocycles. The zero-order valence-electron chi connectivity index (χ0n) is 13.8. The van der Waals surface area contributed by atoms with Gasteiger partial charge in [-0.1, -0.05) is 12.6 Å². The lowest BCUT2D eigenvalue weighted by Gasteiger charge is -2.35. The summed E-state index contributed by atoms with van der Waals surface area (Å²) in [5, 5.41) is 0. The van der Waals surface area contributed by atoms with E-state index in [1.54, 1.807) is 50.4 Å². The van der Waals surface area contributed by atoms with Crippen molar-refractivity contribution in [1.82, 2.24) is 0 Å². The van der Waals surface area contributed by atoms with Crippen molar-refractivity contribution in [2.45, 2.75) is 12.7 Å². The molecule has 0 aromatic heterocycles. The van der Waals surface area contributed by atoms with Crippen molar-refractivity contribution in [1.29, 1.82) is 0 Å². The molecule has 128 valence electrons. The Balaban J connectivity index is 1.98. The van der Waals surface area contributed by atoms with Crippen LogP contribution in [0.25, 0.3) is 0 Å². The summed E-state index contributed by atoms with van der Waals surface area (Å²) in [4.78, 5) is 24.0. The molecule has 0 bridgehead atoms. The zero-order valence-corrected chi connectivity index (χ0v) is 13.8. The van der Waals surface area contributed by atoms with Crippen LogP contribution in [0.15, 0.2) is 55.1 Å². The molecule has 0 fully saturated rings. The lowest BCUT2D eigenvalue weighted by Crippen LogP contribution is -2.39. The number of benzene rings is 2. The molecule has 1 unspecified atom stereocenters. The Hall–Kier alpha value is -3.28. The maximum absolute atomic E-state index is 12.5. The summed E-state index contributed by atoms with van der Waals surface area (Å²) in [5.41, 5.74) is 0.699. The summed E-state index contributed by atoms with van der Waals surface area (Å²) in [6, 6.07) is 11.7. The van der Waals surface area contributed by atoms with Gasteiger partial charge in [0.15, 0.2) is 0 Å². The Kier molecular flexibility index (Phi) is 4.19. The number of ether oxygens (including phenoxy) is 4. The van der Waals surface area contributed by atoms with Crippen molar-refractivity contribution in [3.8, 4) is 17.2 Å². The fourth-order valence-electron chi connectivity index (χ4n) is 2.50. The van der Waals surface area contributed by atoms with Crippen LogP contribution in [0.1, 0.15) is 22.8 Å². The third-order valence-corrected chi connectivity index (χ3v) is 3.78. The standard InChI is InChI=1S/C19H16O6/c1-4-16(20)23-14-6-5-7-15-17(14)18(21)25-19(2,24-15)12-8-10-13(22-3)11-9-12/h4-11H,1H2,2-3H3. The van der Waals surface area contributed by atoms with E-state index in [1.165, 1.54) is 6.07 Å². The highest BCUT2D eigenvalue weighted by atomic mass is 16.7. The van der Waals surface area contributed by atoms with Gasteiger partial charge < -0.3 is 18.9 Å². The quantitative estimate of drug-likeness (QED) is 0.483. The van der Waals surface area contributed by atoms with Crippen LogP contribution in [0.4, 0.5) is 0 Å². The summed E-state index contributed by atoms with van der Waals surface area (Å²) >= 11 is 0. The molecule has 2 aromatic rings. The van der Waals surface area contributed by atoms with E-state index in [9.17, 15) is 9.59 Å². The largest absolute Gasteiger partial charge is 0.497 e. The van der Waals surface area contributed by atoms with Gasteiger partial charge in [0.05, 0.1) is 7.11 Å². The predicted molar refractivity (Wildman–Crippen MR) is 88.7 cm³/mol. The van der Waals surface area contributed by atoms with Gasteiger partial charge in [-0.2, -0.15) is 0 Å². The Morgan fingerprint density at radius 2 is 1.88 bits per heavy atom. The first-order valence-electron chi connectivity index (χ1n) is 7.51. The van der Waals surface area contributed by atoms with E-state index in [-0.39, 0.29) is 17.1 Å². The minimum Gasteiger partial charge on any atom is -0.497 e. The smallest absolute Gasteiger partial charge is 0.349 e. The first kappa shape index (κ1) is 16.6. The molecule has 6 nitrogen and oxygen atoms in total. The summed E-state index contributed by atoms with van der Waals surface area (Å²) in [5.74, 6) is -1.63. The molecule has 0 N–H and O–H groups in total. The minimum atomic E-state index is -1.31. The van der Waals surface area contributed by atoms with E-state index in [0.29, 0.717) is 11.3 Å². The Morgan fingerprint density at radius 3 is 2.52 bits per heavy atom. The molecule has 1 aliphatic heterocycles. The topological polar surface area (TPSA) is 71.1 Å². The summed E-state index contributed by atoms with van der Waals surface area (Å²) < 4.78 is 21.6. The van der Waals surface area contributed by atoms with E-state index >= 15 is 0 Å². The molecule has 0 radical (unpaired) electrons. The average Bonchev–Trinajstić information content (AvgIpc) is 2.61. The van der Waals surface area contributed by atoms with Crippen molar-refractivity contribution >= 4 is 11.9 Å². The lowest BCUT2D eigenvalue weighted by atomic mass is 10.0. The molecule has 0 amide bonds. The van der Waals surface area contributed by atoms with Crippen LogP contribution in [0.5, 0.6) is 17.2 Å². The number of fused-ring (bicyclic) bond motifs is 1. The summed E-state index contributed by atoms with van der Waals surface area (Å²) in [6.45, 7) is 4.97. The SMILES string of the molecule is C=CC(=O)Oc1cccc2c1C(=O)OC(C)(c1ccc(OC)cc1)O2. The van der Waals surface area contributed by atoms with Gasteiger partial charge in [0, 0.05) is 18.6 Å². The van der Waals surface area contributed by atoms with Crippen LogP contribution in [0, 0.1) is 0 Å². The molecule has 0 spiro atoms. The highest BCUT2D eigenvalue weighted by Gasteiger charge is 2.41. The van der Waals surface area contributed by atoms with Crippen LogP contribution in [-0.4, -0.2) is 19.0 Å². The first-order chi connectivity index (χ1) is 12.0. The Labute approximate surface area is 144 Å². The van der Waals surface area contributed by atoms with Crippen LogP contribution in [-0.2, 0) is 15.3 Å². The van der Waals surface area contributed by atoms with Gasteiger partial charge in [-0.15, -0.1) is 0 Å². The molecule has 25 heavy (non-hydrogen) atoms. The number of hydrogen-bond acceptors (Lipinski definition) is 6. The average molecular weight is 340 g/mol. The van der Waals surface area contributed by atoms with Crippen molar-refractivity contribution in [2.75, 3.05) is 7.11 Å². The van der Waals surface area contributed by atoms with Crippen LogP contribution in [0.3, 0.4) is 0 Å². The van der Waals surface area contributed by atoms with Crippen LogP contribution < -0.4 is 14.2 Å². The number of rotatable bonds is 4. The highest BCUT2D eigenvalue weighted by Crippen LogP contribution is 2.41. The van der Waals surface area contributed by atoms with Gasteiger partial charge in [-0.25, -0.2) is 9.59 Å². The monoisotopic (exact) mass is 340 g/mol.